The molecule has 0 atom stereocenters. The van der Waals surface area contributed by atoms with Crippen molar-refractivity contribution in [2.75, 3.05) is 0 Å². The van der Waals surface area contributed by atoms with Gasteiger partial charge in [-0.05, 0) is 13.8 Å². The summed E-state index contributed by atoms with van der Waals surface area (Å²) in [7, 11) is 0. The van der Waals surface area contributed by atoms with E-state index in [9.17, 15) is 9.90 Å². The van der Waals surface area contributed by atoms with Gasteiger partial charge < -0.3 is 9.90 Å². The molecule has 60 valence electrons. The third-order valence-electron chi connectivity index (χ3n) is 1.60. The van der Waals surface area contributed by atoms with Crippen molar-refractivity contribution in [2.45, 2.75) is 20.3 Å². The van der Waals surface area contributed by atoms with Gasteiger partial charge in [0, 0.05) is 23.6 Å². The Bertz CT molecular complexity index is 263. The van der Waals surface area contributed by atoms with Gasteiger partial charge in [0.1, 0.15) is 0 Å². The first kappa shape index (κ1) is 11.7. The topological polar surface area (TPSA) is 68.8 Å². The molecule has 0 fully saturated rings. The number of H-pyrrole nitrogens is 1. The summed E-state index contributed by atoms with van der Waals surface area (Å²) in [6, 6.07) is 0. The zero-order valence-electron chi connectivity index (χ0n) is 7.47. The molecule has 1 N–H and O–H groups in total. The number of nitrogens with one attached hydrogen (secondary N) is 1. The third-order valence-corrected chi connectivity index (χ3v) is 1.60. The molecule has 0 unspecified atom stereocenters. The number of carbonyl (C=O) groups is 1. The third kappa shape index (κ3) is 2.62. The fourth-order valence-corrected chi connectivity index (χ4v) is 0.979. The van der Waals surface area contributed by atoms with Gasteiger partial charge in [-0.25, -0.2) is 0 Å². The molecule has 12 heavy (non-hydrogen) atoms. The van der Waals surface area contributed by atoms with Crippen molar-refractivity contribution in [1.82, 2.24) is 10.2 Å². The Balaban J connectivity index is 0.00000121. The number of rotatable bonds is 2. The second-order valence-corrected chi connectivity index (χ2v) is 2.46. The van der Waals surface area contributed by atoms with Gasteiger partial charge >= 0.3 is 29.6 Å². The molecule has 5 heteroatoms. The van der Waals surface area contributed by atoms with Crippen molar-refractivity contribution in [3.63, 3.8) is 0 Å². The van der Waals surface area contributed by atoms with E-state index in [1.807, 2.05) is 0 Å². The summed E-state index contributed by atoms with van der Waals surface area (Å²) < 4.78 is 0. The minimum Gasteiger partial charge on any atom is -0.550 e. The number of aliphatic carboxylic acids is 1. The molecule has 1 aromatic heterocycles. The Labute approximate surface area is 92.7 Å². The van der Waals surface area contributed by atoms with Gasteiger partial charge in [-0.2, -0.15) is 5.10 Å². The fraction of sp³-hybridized carbons (Fsp3) is 0.429. The average molecular weight is 176 g/mol. The van der Waals surface area contributed by atoms with Crippen LogP contribution in [-0.4, -0.2) is 16.2 Å². The Morgan fingerprint density at radius 3 is 2.50 bits per heavy atom. The molecule has 0 aliphatic heterocycles. The fourth-order valence-electron chi connectivity index (χ4n) is 0.979. The molecule has 0 radical (unpaired) electrons. The summed E-state index contributed by atoms with van der Waals surface area (Å²) in [4.78, 5) is 10.2. The standard InChI is InChI=1S/C7H10N2O2.Na/c1-4-6(3-7(10)11)5(2)9-8-4;/h3H2,1-2H3,(H,8,9)(H,10,11);/q;+1/p-1. The van der Waals surface area contributed by atoms with E-state index in [2.05, 4.69) is 10.2 Å². The maximum Gasteiger partial charge on any atom is 1.00 e. The summed E-state index contributed by atoms with van der Waals surface area (Å²) in [5, 5.41) is 16.8. The van der Waals surface area contributed by atoms with Crippen molar-refractivity contribution in [3.8, 4) is 0 Å². The number of carbonyl (C=O) groups excluding carboxylic acids is 1. The molecule has 1 aromatic rings. The van der Waals surface area contributed by atoms with Crippen LogP contribution < -0.4 is 34.7 Å². The molecule has 0 saturated carbocycles. The Morgan fingerprint density at radius 1 is 1.58 bits per heavy atom. The normalized spacial score (nSPS) is 9.17. The van der Waals surface area contributed by atoms with E-state index in [0.29, 0.717) is 0 Å². The second kappa shape index (κ2) is 4.64. The molecule has 0 saturated heterocycles. The smallest absolute Gasteiger partial charge is 0.550 e. The quantitative estimate of drug-likeness (QED) is 0.472. The predicted molar refractivity (Wildman–Crippen MR) is 36.8 cm³/mol. The Hall–Kier alpha value is -0.320. The number of hydrogen-bond acceptors (Lipinski definition) is 3. The maximum atomic E-state index is 10.2. The van der Waals surface area contributed by atoms with Crippen LogP contribution in [-0.2, 0) is 11.2 Å². The first-order valence-electron chi connectivity index (χ1n) is 3.31. The molecule has 1 rings (SSSR count). The van der Waals surface area contributed by atoms with Gasteiger partial charge in [0.15, 0.2) is 0 Å². The average Bonchev–Trinajstić information content (AvgIpc) is 2.18. The van der Waals surface area contributed by atoms with Crippen LogP contribution in [0.1, 0.15) is 17.0 Å². The summed E-state index contributed by atoms with van der Waals surface area (Å²) in [6.45, 7) is 3.56. The van der Waals surface area contributed by atoms with Crippen LogP contribution in [0.2, 0.25) is 0 Å². The van der Waals surface area contributed by atoms with E-state index in [-0.39, 0.29) is 36.0 Å². The maximum absolute atomic E-state index is 10.2. The van der Waals surface area contributed by atoms with Gasteiger partial charge in [0.25, 0.3) is 0 Å². The monoisotopic (exact) mass is 176 g/mol. The second-order valence-electron chi connectivity index (χ2n) is 2.46. The van der Waals surface area contributed by atoms with E-state index >= 15 is 0 Å². The molecule has 4 nitrogen and oxygen atoms in total. The molecule has 0 aromatic carbocycles. The van der Waals surface area contributed by atoms with Crippen molar-refractivity contribution in [1.29, 1.82) is 0 Å². The summed E-state index contributed by atoms with van der Waals surface area (Å²) in [6.07, 6.45) is -0.0613. The SMILES string of the molecule is Cc1n[nH]c(C)c1CC(=O)[O-].[Na+]. The van der Waals surface area contributed by atoms with E-state index in [1.54, 1.807) is 13.8 Å². The van der Waals surface area contributed by atoms with Gasteiger partial charge in [-0.1, -0.05) is 0 Å². The van der Waals surface area contributed by atoms with Gasteiger partial charge in [0.2, 0.25) is 0 Å². The number of aromatic nitrogens is 2. The van der Waals surface area contributed by atoms with Gasteiger partial charge in [-0.15, -0.1) is 0 Å². The predicted octanol–water partition coefficient (Wildman–Crippen LogP) is -3.68. The molecule has 1 heterocycles. The van der Waals surface area contributed by atoms with Crippen LogP contribution in [0, 0.1) is 13.8 Å². The van der Waals surface area contributed by atoms with Crippen molar-refractivity contribution < 1.29 is 39.5 Å². The van der Waals surface area contributed by atoms with Crippen LogP contribution in [0.25, 0.3) is 0 Å². The van der Waals surface area contributed by atoms with Crippen LogP contribution in [0.15, 0.2) is 0 Å². The number of aromatic amines is 1. The van der Waals surface area contributed by atoms with Crippen LogP contribution >= 0.6 is 0 Å². The summed E-state index contributed by atoms with van der Waals surface area (Å²) >= 11 is 0. The van der Waals surface area contributed by atoms with E-state index in [1.165, 1.54) is 0 Å². The van der Waals surface area contributed by atoms with Crippen LogP contribution in [0.4, 0.5) is 0 Å². The number of hydrogen-bond donors (Lipinski definition) is 1. The zero-order valence-corrected chi connectivity index (χ0v) is 9.47. The van der Waals surface area contributed by atoms with Gasteiger partial charge in [-0.3, -0.25) is 5.10 Å². The molecule has 0 amide bonds. The molecular formula is C7H9N2NaO2. The number of carboxylic acid groups (broad SMARTS) is 1. The number of nitrogens with zero attached hydrogens (tertiary/aromatic N) is 1. The minimum absolute atomic E-state index is 0. The molecule has 0 spiro atoms. The van der Waals surface area contributed by atoms with E-state index in [4.69, 9.17) is 0 Å². The molecule has 0 aliphatic rings. The van der Waals surface area contributed by atoms with Crippen LogP contribution in [0.3, 0.4) is 0 Å². The Morgan fingerprint density at radius 2 is 2.17 bits per heavy atom. The van der Waals surface area contributed by atoms with Crippen molar-refractivity contribution in [2.24, 2.45) is 0 Å². The number of carboxylic acids is 1. The molecular weight excluding hydrogens is 167 g/mol. The Kier molecular flexibility index (Phi) is 4.52. The van der Waals surface area contributed by atoms with E-state index < -0.39 is 5.97 Å². The minimum atomic E-state index is -1.07. The van der Waals surface area contributed by atoms with E-state index in [0.717, 1.165) is 17.0 Å². The first-order chi connectivity index (χ1) is 5.11. The summed E-state index contributed by atoms with van der Waals surface area (Å²) in [5.41, 5.74) is 2.25. The number of aryl methyl sites for hydroxylation is 2. The van der Waals surface area contributed by atoms with Crippen molar-refractivity contribution in [3.05, 3.63) is 17.0 Å². The van der Waals surface area contributed by atoms with Crippen molar-refractivity contribution >= 4 is 5.97 Å². The molecule has 0 aliphatic carbocycles. The first-order valence-corrected chi connectivity index (χ1v) is 3.31. The van der Waals surface area contributed by atoms with Crippen LogP contribution in [0.5, 0.6) is 0 Å². The molecule has 0 bridgehead atoms. The zero-order chi connectivity index (χ0) is 8.43. The largest absolute Gasteiger partial charge is 1.00 e. The summed E-state index contributed by atoms with van der Waals surface area (Å²) in [5.74, 6) is -1.07. The van der Waals surface area contributed by atoms with Gasteiger partial charge in [0.05, 0.1) is 5.69 Å².